The van der Waals surface area contributed by atoms with Crippen LogP contribution in [0.4, 0.5) is 24.7 Å². The lowest BCUT2D eigenvalue weighted by Crippen LogP contribution is -2.50. The Kier molecular flexibility index (Phi) is 8.88. The molecule has 1 atom stereocenters. The molecule has 1 aromatic heterocycles. The highest BCUT2D eigenvalue weighted by Crippen LogP contribution is 2.34. The number of hydrogen-bond acceptors (Lipinski definition) is 7. The molecule has 0 amide bonds. The number of aromatic nitrogens is 1. The van der Waals surface area contributed by atoms with Gasteiger partial charge in [-0.25, -0.2) is 4.98 Å². The molecule has 4 rings (SSSR count). The summed E-state index contributed by atoms with van der Waals surface area (Å²) in [6.07, 6.45) is 0.479. The molecule has 1 aromatic carbocycles. The Morgan fingerprint density at radius 2 is 1.86 bits per heavy atom. The van der Waals surface area contributed by atoms with E-state index in [1.807, 2.05) is 12.1 Å². The molecule has 1 unspecified atom stereocenters. The van der Waals surface area contributed by atoms with Crippen LogP contribution in [0.3, 0.4) is 0 Å². The first-order valence-electron chi connectivity index (χ1n) is 12.0. The van der Waals surface area contributed by atoms with Crippen molar-refractivity contribution in [1.29, 1.82) is 5.26 Å². The van der Waals surface area contributed by atoms with Gasteiger partial charge in [0, 0.05) is 44.1 Å². The van der Waals surface area contributed by atoms with Crippen molar-refractivity contribution in [3.8, 4) is 6.07 Å². The lowest BCUT2D eigenvalue weighted by molar-refractivity contribution is -0.137. The molecular weight excluding hydrogens is 511 g/mol. The summed E-state index contributed by atoms with van der Waals surface area (Å²) in [4.78, 5) is 8.92. The first-order valence-corrected chi connectivity index (χ1v) is 12.9. The average molecular weight is 540 g/mol. The number of nitriles is 1. The fourth-order valence-corrected chi connectivity index (χ4v) is 5.14. The number of pyridine rings is 1. The Labute approximate surface area is 219 Å². The maximum atomic E-state index is 13.2. The Balaban J connectivity index is 1.18. The predicted octanol–water partition coefficient (Wildman–Crippen LogP) is 5.44. The summed E-state index contributed by atoms with van der Waals surface area (Å²) >= 11 is 10.7. The van der Waals surface area contributed by atoms with E-state index in [-0.39, 0.29) is 23.1 Å². The standard InChI is InChI=1S/C25H29ClF3N5OS/c26-18-2-8-23(31-15-18)33-9-11-34(12-10-33)24(36)16-35-21-6-4-19(5-7-21)32-20-3-1-17(14-30)22(13-20)25(27,28)29/h1-3,8,13,15,19,21,24,32,36H,4-7,9-12,16H2. The Morgan fingerprint density at radius 1 is 1.14 bits per heavy atom. The number of benzene rings is 1. The molecule has 0 radical (unpaired) electrons. The smallest absolute Gasteiger partial charge is 0.382 e. The summed E-state index contributed by atoms with van der Waals surface area (Å²) in [7, 11) is 0. The van der Waals surface area contributed by atoms with Gasteiger partial charge in [0.15, 0.2) is 0 Å². The third-order valence-electron chi connectivity index (χ3n) is 6.74. The van der Waals surface area contributed by atoms with Gasteiger partial charge in [-0.05, 0) is 56.0 Å². The summed E-state index contributed by atoms with van der Waals surface area (Å²) in [5, 5.41) is 12.8. The minimum atomic E-state index is -4.56. The van der Waals surface area contributed by atoms with Crippen molar-refractivity contribution < 1.29 is 17.9 Å². The van der Waals surface area contributed by atoms with Crippen molar-refractivity contribution >= 4 is 35.7 Å². The molecule has 194 valence electrons. The molecule has 1 saturated carbocycles. The predicted molar refractivity (Wildman–Crippen MR) is 138 cm³/mol. The highest BCUT2D eigenvalue weighted by atomic mass is 35.5. The first kappa shape index (κ1) is 26.9. The third kappa shape index (κ3) is 6.97. The van der Waals surface area contributed by atoms with Crippen LogP contribution >= 0.6 is 24.2 Å². The summed E-state index contributed by atoms with van der Waals surface area (Å²) in [5.41, 5.74) is -0.888. The van der Waals surface area contributed by atoms with Crippen molar-refractivity contribution in [3.05, 3.63) is 52.7 Å². The van der Waals surface area contributed by atoms with Crippen LogP contribution in [0.5, 0.6) is 0 Å². The van der Waals surface area contributed by atoms with Gasteiger partial charge in [-0.2, -0.15) is 31.1 Å². The number of nitrogens with zero attached hydrogens (tertiary/aromatic N) is 4. The number of rotatable bonds is 7. The first-order chi connectivity index (χ1) is 17.2. The highest BCUT2D eigenvalue weighted by Gasteiger charge is 2.34. The monoisotopic (exact) mass is 539 g/mol. The van der Waals surface area contributed by atoms with E-state index in [0.717, 1.165) is 63.7 Å². The second-order valence-corrected chi connectivity index (χ2v) is 10.2. The van der Waals surface area contributed by atoms with Crippen molar-refractivity contribution in [2.75, 3.05) is 43.0 Å². The zero-order chi connectivity index (χ0) is 25.7. The van der Waals surface area contributed by atoms with E-state index in [1.54, 1.807) is 12.3 Å². The zero-order valence-corrected chi connectivity index (χ0v) is 21.4. The molecule has 2 aliphatic rings. The number of hydrogen-bond donors (Lipinski definition) is 2. The molecule has 36 heavy (non-hydrogen) atoms. The topological polar surface area (TPSA) is 64.4 Å². The highest BCUT2D eigenvalue weighted by molar-refractivity contribution is 7.80. The molecule has 1 aliphatic carbocycles. The zero-order valence-electron chi connectivity index (χ0n) is 19.7. The number of piperazine rings is 1. The van der Waals surface area contributed by atoms with E-state index in [9.17, 15) is 13.2 Å². The molecular formula is C25H29ClF3N5OS. The van der Waals surface area contributed by atoms with Crippen LogP contribution in [0.25, 0.3) is 0 Å². The average Bonchev–Trinajstić information content (AvgIpc) is 2.88. The normalized spacial score (nSPS) is 22.2. The van der Waals surface area contributed by atoms with Gasteiger partial charge in [0.25, 0.3) is 0 Å². The van der Waals surface area contributed by atoms with E-state index in [2.05, 4.69) is 20.1 Å². The maximum Gasteiger partial charge on any atom is 0.417 e. The van der Waals surface area contributed by atoms with Crippen LogP contribution < -0.4 is 10.2 Å². The fourth-order valence-electron chi connectivity index (χ4n) is 4.71. The van der Waals surface area contributed by atoms with Gasteiger partial charge in [-0.1, -0.05) is 11.6 Å². The van der Waals surface area contributed by atoms with Crippen LogP contribution in [0.1, 0.15) is 36.8 Å². The van der Waals surface area contributed by atoms with Crippen molar-refractivity contribution in [1.82, 2.24) is 9.88 Å². The molecule has 2 fully saturated rings. The molecule has 6 nitrogen and oxygen atoms in total. The van der Waals surface area contributed by atoms with E-state index in [0.29, 0.717) is 17.3 Å². The molecule has 0 bridgehead atoms. The second-order valence-electron chi connectivity index (χ2n) is 9.16. The Bertz CT molecular complexity index is 1050. The maximum absolute atomic E-state index is 13.2. The quantitative estimate of drug-likeness (QED) is 0.457. The second kappa shape index (κ2) is 11.9. The number of anilines is 2. The molecule has 2 aromatic rings. The molecule has 2 heterocycles. The van der Waals surface area contributed by atoms with Gasteiger partial charge in [0.2, 0.25) is 0 Å². The SMILES string of the molecule is N#Cc1ccc(NC2CCC(OCC(S)N3CCN(c4ccc(Cl)cn4)CC3)CC2)cc1C(F)(F)F. The molecule has 1 aliphatic heterocycles. The largest absolute Gasteiger partial charge is 0.417 e. The van der Waals surface area contributed by atoms with Crippen LogP contribution in [-0.4, -0.2) is 60.2 Å². The van der Waals surface area contributed by atoms with Gasteiger partial charge >= 0.3 is 6.18 Å². The van der Waals surface area contributed by atoms with E-state index in [1.165, 1.54) is 12.1 Å². The minimum absolute atomic E-state index is 0.000568. The van der Waals surface area contributed by atoms with Gasteiger partial charge in [0.1, 0.15) is 5.82 Å². The van der Waals surface area contributed by atoms with Gasteiger partial charge < -0.3 is 15.0 Å². The molecule has 1 N–H and O–H groups in total. The number of alkyl halides is 3. The molecule has 1 saturated heterocycles. The Morgan fingerprint density at radius 3 is 2.47 bits per heavy atom. The summed E-state index contributed by atoms with van der Waals surface area (Å²) in [6.45, 7) is 3.96. The summed E-state index contributed by atoms with van der Waals surface area (Å²) in [6, 6.07) is 9.24. The van der Waals surface area contributed by atoms with Crippen LogP contribution in [-0.2, 0) is 10.9 Å². The fraction of sp³-hybridized carbons (Fsp3) is 0.520. The van der Waals surface area contributed by atoms with Gasteiger partial charge in [-0.3, -0.25) is 4.90 Å². The molecule has 11 heteroatoms. The number of halogens is 4. The van der Waals surface area contributed by atoms with Gasteiger partial charge in [-0.15, -0.1) is 0 Å². The third-order valence-corrected chi connectivity index (χ3v) is 7.44. The van der Waals surface area contributed by atoms with Crippen molar-refractivity contribution in [2.24, 2.45) is 0 Å². The lowest BCUT2D eigenvalue weighted by Gasteiger charge is -2.38. The number of ether oxygens (including phenoxy) is 1. The van der Waals surface area contributed by atoms with E-state index in [4.69, 9.17) is 34.2 Å². The van der Waals surface area contributed by atoms with E-state index < -0.39 is 11.7 Å². The van der Waals surface area contributed by atoms with Crippen LogP contribution in [0, 0.1) is 11.3 Å². The molecule has 0 spiro atoms. The van der Waals surface area contributed by atoms with Crippen LogP contribution in [0.2, 0.25) is 5.02 Å². The number of thiol groups is 1. The number of nitrogens with one attached hydrogen (secondary N) is 1. The van der Waals surface area contributed by atoms with Crippen LogP contribution in [0.15, 0.2) is 36.5 Å². The van der Waals surface area contributed by atoms with Gasteiger partial charge in [0.05, 0.1) is 40.3 Å². The minimum Gasteiger partial charge on any atom is -0.382 e. The Hall–Kier alpha value is -2.19. The summed E-state index contributed by atoms with van der Waals surface area (Å²) < 4.78 is 45.8. The summed E-state index contributed by atoms with van der Waals surface area (Å²) in [5.74, 6) is 0.923. The van der Waals surface area contributed by atoms with Crippen molar-refractivity contribution in [2.45, 2.75) is 49.4 Å². The van der Waals surface area contributed by atoms with E-state index >= 15 is 0 Å². The van der Waals surface area contributed by atoms with Crippen molar-refractivity contribution in [3.63, 3.8) is 0 Å². The lowest BCUT2D eigenvalue weighted by atomic mass is 9.92.